The van der Waals surface area contributed by atoms with Crippen LogP contribution in [0.25, 0.3) is 0 Å². The fourth-order valence-corrected chi connectivity index (χ4v) is 3.74. The quantitative estimate of drug-likeness (QED) is 0.585. The minimum Gasteiger partial charge on any atom is -0.456 e. The van der Waals surface area contributed by atoms with Crippen LogP contribution in [0.2, 0.25) is 0 Å². The Balaban J connectivity index is 1.66. The molecule has 5 atom stereocenters. The van der Waals surface area contributed by atoms with E-state index >= 15 is 0 Å². The van der Waals surface area contributed by atoms with Gasteiger partial charge in [0.15, 0.2) is 5.79 Å². The summed E-state index contributed by atoms with van der Waals surface area (Å²) in [5.41, 5.74) is -0.438. The summed E-state index contributed by atoms with van der Waals surface area (Å²) in [6.45, 7) is 3.82. The number of carbonyl (C=O) groups is 1. The van der Waals surface area contributed by atoms with Crippen molar-refractivity contribution in [3.05, 3.63) is 0 Å². The van der Waals surface area contributed by atoms with Crippen molar-refractivity contribution >= 4 is 5.97 Å². The standard InChI is InChI=1S/C12H16O5/c1-11(2)15-7-5-12-4-6(10(7)17-11)14-8(12)3-9(13)16-12/h6-8,10H,3-5H2,1-2H3/t6?,7-,8?,10+,12?/m1/s1. The third-order valence-electron chi connectivity index (χ3n) is 4.28. The van der Waals surface area contributed by atoms with E-state index in [0.29, 0.717) is 12.8 Å². The SMILES string of the molecule is CC1(C)O[C@@H]2CC34CC(OC3CC(=O)O4)[C@@H]2O1. The highest BCUT2D eigenvalue weighted by atomic mass is 16.8. The molecule has 5 heteroatoms. The van der Waals surface area contributed by atoms with Crippen molar-refractivity contribution in [2.45, 2.75) is 68.9 Å². The zero-order valence-corrected chi connectivity index (χ0v) is 9.97. The van der Waals surface area contributed by atoms with Crippen molar-refractivity contribution in [1.29, 1.82) is 0 Å². The van der Waals surface area contributed by atoms with E-state index in [4.69, 9.17) is 18.9 Å². The van der Waals surface area contributed by atoms with E-state index < -0.39 is 11.4 Å². The van der Waals surface area contributed by atoms with Gasteiger partial charge in [-0.25, -0.2) is 0 Å². The number of esters is 1. The molecule has 3 heterocycles. The molecule has 4 aliphatic rings. The second-order valence-electron chi connectivity index (χ2n) is 5.95. The molecule has 0 aromatic rings. The molecule has 2 bridgehead atoms. The summed E-state index contributed by atoms with van der Waals surface area (Å²) in [5, 5.41) is 0. The van der Waals surface area contributed by atoms with Gasteiger partial charge in [0, 0.05) is 12.8 Å². The number of hydrogen-bond donors (Lipinski definition) is 0. The summed E-state index contributed by atoms with van der Waals surface area (Å²) in [4.78, 5) is 11.4. The van der Waals surface area contributed by atoms with Gasteiger partial charge in [-0.15, -0.1) is 0 Å². The maximum atomic E-state index is 11.4. The Hall–Kier alpha value is -0.650. The zero-order valence-electron chi connectivity index (χ0n) is 9.97. The maximum Gasteiger partial charge on any atom is 0.309 e. The molecule has 17 heavy (non-hydrogen) atoms. The fourth-order valence-electron chi connectivity index (χ4n) is 3.74. The summed E-state index contributed by atoms with van der Waals surface area (Å²) in [6, 6.07) is 0. The fraction of sp³-hybridized carbons (Fsp3) is 0.917. The minimum absolute atomic E-state index is 0.00799. The number of carbonyl (C=O) groups excluding carboxylic acids is 1. The van der Waals surface area contributed by atoms with Crippen LogP contribution in [0.15, 0.2) is 0 Å². The van der Waals surface area contributed by atoms with Gasteiger partial charge in [-0.05, 0) is 13.8 Å². The molecular weight excluding hydrogens is 224 g/mol. The molecule has 3 saturated heterocycles. The average Bonchev–Trinajstić information content (AvgIpc) is 2.72. The summed E-state index contributed by atoms with van der Waals surface area (Å²) < 4.78 is 23.2. The van der Waals surface area contributed by atoms with Crippen molar-refractivity contribution in [2.24, 2.45) is 0 Å². The number of fused-ring (bicyclic) bond motifs is 3. The van der Waals surface area contributed by atoms with Crippen molar-refractivity contribution in [3.63, 3.8) is 0 Å². The predicted molar refractivity (Wildman–Crippen MR) is 55.2 cm³/mol. The molecule has 4 fully saturated rings. The Morgan fingerprint density at radius 3 is 2.76 bits per heavy atom. The van der Waals surface area contributed by atoms with Crippen LogP contribution in [-0.2, 0) is 23.7 Å². The highest BCUT2D eigenvalue weighted by Gasteiger charge is 2.66. The van der Waals surface area contributed by atoms with Crippen molar-refractivity contribution in [2.75, 3.05) is 0 Å². The van der Waals surface area contributed by atoms with Crippen LogP contribution in [0.5, 0.6) is 0 Å². The Morgan fingerprint density at radius 1 is 1.18 bits per heavy atom. The van der Waals surface area contributed by atoms with Crippen molar-refractivity contribution in [3.8, 4) is 0 Å². The van der Waals surface area contributed by atoms with Crippen LogP contribution in [0.4, 0.5) is 0 Å². The molecule has 3 unspecified atom stereocenters. The summed E-state index contributed by atoms with van der Waals surface area (Å²) in [7, 11) is 0. The number of ether oxygens (including phenoxy) is 4. The normalized spacial score (nSPS) is 54.4. The molecule has 0 N–H and O–H groups in total. The predicted octanol–water partition coefficient (Wildman–Crippen LogP) is 0.753. The largest absolute Gasteiger partial charge is 0.456 e. The third kappa shape index (κ3) is 1.27. The van der Waals surface area contributed by atoms with Gasteiger partial charge in [-0.2, -0.15) is 0 Å². The van der Waals surface area contributed by atoms with E-state index in [0.717, 1.165) is 6.42 Å². The molecule has 1 spiro atoms. The highest BCUT2D eigenvalue weighted by Crippen LogP contribution is 2.53. The molecular formula is C12H16O5. The first-order valence-corrected chi connectivity index (χ1v) is 6.20. The molecule has 1 saturated carbocycles. The summed E-state index contributed by atoms with van der Waals surface area (Å²) >= 11 is 0. The molecule has 94 valence electrons. The van der Waals surface area contributed by atoms with Crippen LogP contribution in [-0.4, -0.2) is 41.8 Å². The highest BCUT2D eigenvalue weighted by molar-refractivity contribution is 5.73. The van der Waals surface area contributed by atoms with E-state index in [-0.39, 0.29) is 30.4 Å². The lowest BCUT2D eigenvalue weighted by Crippen LogP contribution is -2.47. The lowest BCUT2D eigenvalue weighted by molar-refractivity contribution is -0.162. The molecule has 1 aliphatic carbocycles. The summed E-state index contributed by atoms with van der Waals surface area (Å²) in [6.07, 6.45) is 1.71. The zero-order chi connectivity index (χ0) is 11.8. The molecule has 0 aromatic heterocycles. The van der Waals surface area contributed by atoms with Gasteiger partial charge in [0.05, 0.1) is 18.6 Å². The van der Waals surface area contributed by atoms with Crippen LogP contribution in [0, 0.1) is 0 Å². The van der Waals surface area contributed by atoms with Gasteiger partial charge in [0.2, 0.25) is 0 Å². The molecule has 4 rings (SSSR count). The maximum absolute atomic E-state index is 11.4. The van der Waals surface area contributed by atoms with Crippen LogP contribution in [0.1, 0.15) is 33.1 Å². The average molecular weight is 240 g/mol. The van der Waals surface area contributed by atoms with Crippen molar-refractivity contribution in [1.82, 2.24) is 0 Å². The van der Waals surface area contributed by atoms with Gasteiger partial charge < -0.3 is 18.9 Å². The molecule has 0 aromatic carbocycles. The Bertz CT molecular complexity index is 392. The van der Waals surface area contributed by atoms with E-state index in [9.17, 15) is 4.79 Å². The second-order valence-corrected chi connectivity index (χ2v) is 5.95. The first kappa shape index (κ1) is 10.3. The van der Waals surface area contributed by atoms with E-state index in [1.807, 2.05) is 13.8 Å². The smallest absolute Gasteiger partial charge is 0.309 e. The Labute approximate surface area is 99.3 Å². The summed E-state index contributed by atoms with van der Waals surface area (Å²) in [5.74, 6) is -0.706. The van der Waals surface area contributed by atoms with E-state index in [1.54, 1.807) is 0 Å². The number of hydrogen-bond acceptors (Lipinski definition) is 5. The Morgan fingerprint density at radius 2 is 1.94 bits per heavy atom. The number of rotatable bonds is 0. The molecule has 0 amide bonds. The monoisotopic (exact) mass is 240 g/mol. The molecule has 3 aliphatic heterocycles. The van der Waals surface area contributed by atoms with Gasteiger partial charge in [0.25, 0.3) is 0 Å². The van der Waals surface area contributed by atoms with Crippen LogP contribution < -0.4 is 0 Å². The minimum atomic E-state index is -0.558. The second kappa shape index (κ2) is 2.84. The third-order valence-corrected chi connectivity index (χ3v) is 4.28. The van der Waals surface area contributed by atoms with Gasteiger partial charge in [0.1, 0.15) is 17.8 Å². The molecule has 0 radical (unpaired) electrons. The van der Waals surface area contributed by atoms with E-state index in [2.05, 4.69) is 0 Å². The van der Waals surface area contributed by atoms with Crippen molar-refractivity contribution < 1.29 is 23.7 Å². The van der Waals surface area contributed by atoms with Crippen LogP contribution >= 0.6 is 0 Å². The van der Waals surface area contributed by atoms with Gasteiger partial charge >= 0.3 is 5.97 Å². The lowest BCUT2D eigenvalue weighted by atomic mass is 9.80. The topological polar surface area (TPSA) is 54.0 Å². The van der Waals surface area contributed by atoms with E-state index in [1.165, 1.54) is 0 Å². The van der Waals surface area contributed by atoms with Gasteiger partial charge in [-0.3, -0.25) is 4.79 Å². The first-order valence-electron chi connectivity index (χ1n) is 6.20. The van der Waals surface area contributed by atoms with Gasteiger partial charge in [-0.1, -0.05) is 0 Å². The first-order chi connectivity index (χ1) is 7.97. The lowest BCUT2D eigenvalue weighted by Gasteiger charge is -2.34. The van der Waals surface area contributed by atoms with Crippen LogP contribution in [0.3, 0.4) is 0 Å². The molecule has 5 nitrogen and oxygen atoms in total. The Kier molecular flexibility index (Phi) is 1.72.